The molecule has 1 aliphatic rings. The van der Waals surface area contributed by atoms with E-state index in [9.17, 15) is 4.21 Å². The van der Waals surface area contributed by atoms with Gasteiger partial charge in [-0.05, 0) is 24.6 Å². The van der Waals surface area contributed by atoms with Crippen LogP contribution in [-0.4, -0.2) is 23.1 Å². The van der Waals surface area contributed by atoms with E-state index in [1.165, 1.54) is 7.11 Å². The molecule has 1 aromatic carbocycles. The van der Waals surface area contributed by atoms with Crippen molar-refractivity contribution in [2.45, 2.75) is 6.92 Å². The van der Waals surface area contributed by atoms with Crippen LogP contribution in [0.5, 0.6) is 0 Å². The molecule has 2 rings (SSSR count). The fraction of sp³-hybridized carbons (Fsp3) is 0.200. The molecule has 5 nitrogen and oxygen atoms in total. The number of aryl methyl sites for hydroxylation is 1. The van der Waals surface area contributed by atoms with Gasteiger partial charge in [0.1, 0.15) is 0 Å². The van der Waals surface area contributed by atoms with E-state index < -0.39 is 11.2 Å². The highest BCUT2D eigenvalue weighted by atomic mass is 35.5. The lowest BCUT2D eigenvalue weighted by Gasteiger charge is -2.07. The zero-order chi connectivity index (χ0) is 12.4. The Morgan fingerprint density at radius 2 is 2.18 bits per heavy atom. The third-order valence-corrected chi connectivity index (χ3v) is 3.23. The van der Waals surface area contributed by atoms with Gasteiger partial charge in [-0.25, -0.2) is 4.21 Å². The van der Waals surface area contributed by atoms with Crippen LogP contribution in [0.2, 0.25) is 5.02 Å². The molecule has 0 aliphatic carbocycles. The minimum atomic E-state index is -1.61. The lowest BCUT2D eigenvalue weighted by Crippen LogP contribution is -2.21. The summed E-state index contributed by atoms with van der Waals surface area (Å²) < 4.78 is 23.6. The van der Waals surface area contributed by atoms with Gasteiger partial charge >= 0.3 is 0 Å². The summed E-state index contributed by atoms with van der Waals surface area (Å²) >= 11 is 4.39. The lowest BCUT2D eigenvalue weighted by molar-refractivity contribution is 0.413. The van der Waals surface area contributed by atoms with Crippen molar-refractivity contribution >= 4 is 40.2 Å². The lowest BCUT2D eigenvalue weighted by atomic mass is 10.2. The van der Waals surface area contributed by atoms with E-state index >= 15 is 0 Å². The Labute approximate surface area is 106 Å². The maximum atomic E-state index is 11.1. The molecule has 0 radical (unpaired) electrons. The van der Waals surface area contributed by atoms with Crippen molar-refractivity contribution in [3.8, 4) is 0 Å². The number of amidine groups is 1. The van der Waals surface area contributed by atoms with Crippen LogP contribution in [0.1, 0.15) is 5.56 Å². The zero-order valence-corrected chi connectivity index (χ0v) is 10.8. The van der Waals surface area contributed by atoms with Crippen LogP contribution in [0.15, 0.2) is 27.0 Å². The Hall–Kier alpha value is -1.40. The molecule has 1 aliphatic heterocycles. The maximum absolute atomic E-state index is 11.1. The monoisotopic (exact) mass is 271 g/mol. The number of hydrogen-bond acceptors (Lipinski definition) is 3. The molecule has 0 amide bonds. The minimum absolute atomic E-state index is 0.222. The first-order valence-electron chi connectivity index (χ1n) is 4.77. The van der Waals surface area contributed by atoms with Gasteiger partial charge in [-0.15, -0.1) is 8.80 Å². The summed E-state index contributed by atoms with van der Waals surface area (Å²) in [5.41, 5.74) is 1.72. The Balaban J connectivity index is 2.22. The van der Waals surface area contributed by atoms with Crippen LogP contribution < -0.4 is 5.32 Å². The molecule has 0 bridgehead atoms. The average Bonchev–Trinajstić information content (AvgIpc) is 2.64. The van der Waals surface area contributed by atoms with Crippen molar-refractivity contribution in [3.05, 3.63) is 28.8 Å². The number of rotatable bonds is 1. The van der Waals surface area contributed by atoms with Gasteiger partial charge in [0.15, 0.2) is 0 Å². The molecule has 90 valence electrons. The summed E-state index contributed by atoms with van der Waals surface area (Å²) in [5.74, 6) is 0.561. The van der Waals surface area contributed by atoms with Crippen molar-refractivity contribution in [3.63, 3.8) is 0 Å². The van der Waals surface area contributed by atoms with Gasteiger partial charge in [0.05, 0.1) is 7.11 Å². The highest BCUT2D eigenvalue weighted by Gasteiger charge is 2.19. The molecule has 0 saturated carbocycles. The number of nitrogens with one attached hydrogen (secondary N) is 1. The quantitative estimate of drug-likeness (QED) is 0.851. The predicted octanol–water partition coefficient (Wildman–Crippen LogP) is 2.10. The standard InChI is InChI=1S/C10H10ClN3O2S/c1-6-3-4-7(5-8(6)11)12-9-10(16-2)14-17(15)13-9/h3-5H,1-2H3,(H,12,13). The Morgan fingerprint density at radius 1 is 1.41 bits per heavy atom. The number of anilines is 1. The van der Waals surface area contributed by atoms with Gasteiger partial charge in [-0.1, -0.05) is 17.7 Å². The van der Waals surface area contributed by atoms with Gasteiger partial charge < -0.3 is 10.1 Å². The molecule has 17 heavy (non-hydrogen) atoms. The molecule has 0 aromatic heterocycles. The van der Waals surface area contributed by atoms with E-state index in [1.807, 2.05) is 19.1 Å². The molecule has 7 heteroatoms. The van der Waals surface area contributed by atoms with E-state index in [4.69, 9.17) is 16.3 Å². The van der Waals surface area contributed by atoms with Gasteiger partial charge in [0.2, 0.25) is 5.84 Å². The summed E-state index contributed by atoms with van der Waals surface area (Å²) in [6, 6.07) is 5.48. The topological polar surface area (TPSA) is 63.0 Å². The molecule has 1 aromatic rings. The maximum Gasteiger partial charge on any atom is 0.271 e. The second-order valence-electron chi connectivity index (χ2n) is 3.36. The van der Waals surface area contributed by atoms with Crippen LogP contribution in [0.4, 0.5) is 5.69 Å². The fourth-order valence-electron chi connectivity index (χ4n) is 1.27. The number of nitrogens with zero attached hydrogens (tertiary/aromatic N) is 2. The molecule has 1 unspecified atom stereocenters. The van der Waals surface area contributed by atoms with Crippen molar-refractivity contribution < 1.29 is 8.95 Å². The summed E-state index contributed by atoms with van der Waals surface area (Å²) in [5, 5.41) is 3.60. The van der Waals surface area contributed by atoms with Crippen LogP contribution >= 0.6 is 11.6 Å². The van der Waals surface area contributed by atoms with Crippen molar-refractivity contribution in [2.24, 2.45) is 8.80 Å². The van der Waals surface area contributed by atoms with Gasteiger partial charge in [-0.3, -0.25) is 0 Å². The van der Waals surface area contributed by atoms with E-state index in [1.54, 1.807) is 6.07 Å². The molecule has 0 fully saturated rings. The van der Waals surface area contributed by atoms with Crippen LogP contribution in [0.25, 0.3) is 0 Å². The summed E-state index contributed by atoms with van der Waals surface area (Å²) in [6.45, 7) is 1.91. The van der Waals surface area contributed by atoms with E-state index in [0.717, 1.165) is 11.3 Å². The third kappa shape index (κ3) is 2.65. The first-order chi connectivity index (χ1) is 8.10. The van der Waals surface area contributed by atoms with Crippen LogP contribution in [0.3, 0.4) is 0 Å². The molecule has 1 N–H and O–H groups in total. The molecule has 1 heterocycles. The number of methoxy groups -OCH3 is 1. The predicted molar refractivity (Wildman–Crippen MR) is 69.8 cm³/mol. The first-order valence-corrected chi connectivity index (χ1v) is 6.21. The van der Waals surface area contributed by atoms with Crippen LogP contribution in [0, 0.1) is 6.92 Å². The highest BCUT2D eigenvalue weighted by Crippen LogP contribution is 2.20. The number of benzene rings is 1. The molecular formula is C10H10ClN3O2S. The van der Waals surface area contributed by atoms with Crippen molar-refractivity contribution in [1.29, 1.82) is 0 Å². The van der Waals surface area contributed by atoms with Gasteiger partial charge in [0.25, 0.3) is 17.1 Å². The van der Waals surface area contributed by atoms with E-state index in [-0.39, 0.29) is 5.90 Å². The summed E-state index contributed by atoms with van der Waals surface area (Å²) in [6.07, 6.45) is 0. The molecular weight excluding hydrogens is 262 g/mol. The molecule has 0 saturated heterocycles. The Bertz CT molecular complexity index is 542. The van der Waals surface area contributed by atoms with Gasteiger partial charge in [-0.2, -0.15) is 0 Å². The largest absolute Gasteiger partial charge is 0.478 e. The molecule has 1 atom stereocenters. The smallest absolute Gasteiger partial charge is 0.271 e. The number of halogens is 1. The fourth-order valence-corrected chi connectivity index (χ4v) is 2.07. The minimum Gasteiger partial charge on any atom is -0.478 e. The Morgan fingerprint density at radius 3 is 2.82 bits per heavy atom. The average molecular weight is 272 g/mol. The summed E-state index contributed by atoms with van der Waals surface area (Å²) in [7, 11) is 1.45. The third-order valence-electron chi connectivity index (χ3n) is 2.16. The SMILES string of the molecule is COC1=NS(=O)N=C1Nc1ccc(C)c(Cl)c1. The number of hydrogen-bond donors (Lipinski definition) is 1. The second-order valence-corrected chi connectivity index (χ2v) is 4.59. The second kappa shape index (κ2) is 4.85. The van der Waals surface area contributed by atoms with Crippen molar-refractivity contribution in [2.75, 3.05) is 12.4 Å². The zero-order valence-electron chi connectivity index (χ0n) is 9.23. The van der Waals surface area contributed by atoms with E-state index in [2.05, 4.69) is 14.1 Å². The normalized spacial score (nSPS) is 18.6. The number of ether oxygens (including phenoxy) is 1. The van der Waals surface area contributed by atoms with Crippen molar-refractivity contribution in [1.82, 2.24) is 0 Å². The van der Waals surface area contributed by atoms with Gasteiger partial charge in [0, 0.05) is 10.7 Å². The Kier molecular flexibility index (Phi) is 3.44. The van der Waals surface area contributed by atoms with Crippen LogP contribution in [-0.2, 0) is 15.9 Å². The first kappa shape index (κ1) is 12.1. The molecule has 0 spiro atoms. The van der Waals surface area contributed by atoms with E-state index in [0.29, 0.717) is 10.9 Å². The highest BCUT2D eigenvalue weighted by molar-refractivity contribution is 7.83. The summed E-state index contributed by atoms with van der Waals surface area (Å²) in [4.78, 5) is 0.